The Labute approximate surface area is 126 Å². The molecule has 0 spiro atoms. The molecule has 1 aromatic rings. The van der Waals surface area contributed by atoms with E-state index in [1.807, 2.05) is 0 Å². The predicted octanol–water partition coefficient (Wildman–Crippen LogP) is 0.598. The van der Waals surface area contributed by atoms with Gasteiger partial charge in [0.1, 0.15) is 6.42 Å². The second-order valence-electron chi connectivity index (χ2n) is 4.83. The third kappa shape index (κ3) is 4.38. The van der Waals surface area contributed by atoms with Crippen LogP contribution in [0, 0.1) is 5.92 Å². The number of carboxylic acid groups (broad SMARTS) is 1. The predicted molar refractivity (Wildman–Crippen MR) is 77.5 cm³/mol. The van der Waals surface area contributed by atoms with E-state index in [0.717, 1.165) is 0 Å². The molecule has 0 aliphatic heterocycles. The molecule has 0 aliphatic rings. The molecule has 8 nitrogen and oxygen atoms in total. The van der Waals surface area contributed by atoms with Crippen molar-refractivity contribution in [3.8, 4) is 0 Å². The number of hydrogen-bond donors (Lipinski definition) is 3. The van der Waals surface area contributed by atoms with Crippen molar-refractivity contribution in [2.24, 2.45) is 11.8 Å². The van der Waals surface area contributed by atoms with Gasteiger partial charge in [-0.2, -0.15) is 0 Å². The molecule has 118 valence electrons. The van der Waals surface area contributed by atoms with E-state index in [9.17, 15) is 19.2 Å². The molecule has 0 radical (unpaired) electrons. The number of benzene rings is 1. The number of amides is 3. The van der Waals surface area contributed by atoms with E-state index in [0.29, 0.717) is 5.01 Å². The number of imide groups is 1. The first-order chi connectivity index (χ1) is 10.2. The first-order valence-corrected chi connectivity index (χ1v) is 6.47. The molecule has 0 fully saturated rings. The Morgan fingerprint density at radius 3 is 2.36 bits per heavy atom. The summed E-state index contributed by atoms with van der Waals surface area (Å²) in [6.07, 6.45) is -0.664. The lowest BCUT2D eigenvalue weighted by atomic mass is 10.1. The summed E-state index contributed by atoms with van der Waals surface area (Å²) in [4.78, 5) is 46.0. The van der Waals surface area contributed by atoms with Gasteiger partial charge in [0.15, 0.2) is 0 Å². The molecule has 0 bridgehead atoms. The molecule has 0 saturated heterocycles. The zero-order chi connectivity index (χ0) is 16.9. The fourth-order valence-corrected chi connectivity index (χ4v) is 1.60. The zero-order valence-electron chi connectivity index (χ0n) is 12.2. The molecule has 1 aromatic carbocycles. The van der Waals surface area contributed by atoms with Gasteiger partial charge in [-0.05, 0) is 12.1 Å². The second kappa shape index (κ2) is 7.32. The third-order valence-corrected chi connectivity index (χ3v) is 2.74. The van der Waals surface area contributed by atoms with Gasteiger partial charge in [-0.3, -0.25) is 14.4 Å². The number of nitrogens with zero attached hydrogens (tertiary/aromatic N) is 1. The highest BCUT2D eigenvalue weighted by atomic mass is 16.4. The maximum absolute atomic E-state index is 11.8. The molecule has 4 N–H and O–H groups in total. The first-order valence-electron chi connectivity index (χ1n) is 6.47. The van der Waals surface area contributed by atoms with E-state index >= 15 is 0 Å². The number of aromatic carboxylic acids is 1. The van der Waals surface area contributed by atoms with Crippen molar-refractivity contribution in [1.29, 1.82) is 0 Å². The first kappa shape index (κ1) is 17.3. The summed E-state index contributed by atoms with van der Waals surface area (Å²) in [5.74, 6) is 1.41. The fourth-order valence-electron chi connectivity index (χ4n) is 1.60. The minimum absolute atomic E-state index is 0.0616. The molecule has 0 saturated carbocycles. The van der Waals surface area contributed by atoms with Crippen LogP contribution in [0.1, 0.15) is 30.6 Å². The molecule has 0 unspecified atom stereocenters. The van der Waals surface area contributed by atoms with Gasteiger partial charge in [-0.25, -0.2) is 15.6 Å². The van der Waals surface area contributed by atoms with E-state index in [1.165, 1.54) is 18.2 Å². The summed E-state index contributed by atoms with van der Waals surface area (Å²) < 4.78 is 0. The number of carboxylic acids is 1. The van der Waals surface area contributed by atoms with Crippen molar-refractivity contribution in [2.45, 2.75) is 20.3 Å². The summed E-state index contributed by atoms with van der Waals surface area (Å²) in [5, 5.41) is 11.7. The fraction of sp³-hybridized carbons (Fsp3) is 0.286. The van der Waals surface area contributed by atoms with Crippen LogP contribution in [0.4, 0.5) is 5.69 Å². The van der Waals surface area contributed by atoms with Crippen molar-refractivity contribution in [3.05, 3.63) is 29.8 Å². The number of rotatable bonds is 5. The highest BCUT2D eigenvalue weighted by molar-refractivity contribution is 6.09. The highest BCUT2D eigenvalue weighted by Gasteiger charge is 2.23. The maximum atomic E-state index is 11.8. The number of hydrazine groups is 1. The third-order valence-electron chi connectivity index (χ3n) is 2.74. The largest absolute Gasteiger partial charge is 0.478 e. The molecule has 0 aromatic heterocycles. The SMILES string of the molecule is CC(C)C(=O)N(N)C(=O)CC(=O)Nc1ccccc1C(=O)O. The van der Waals surface area contributed by atoms with Crippen LogP contribution >= 0.6 is 0 Å². The van der Waals surface area contributed by atoms with Crippen molar-refractivity contribution in [1.82, 2.24) is 5.01 Å². The average Bonchev–Trinajstić information content (AvgIpc) is 2.45. The lowest BCUT2D eigenvalue weighted by Crippen LogP contribution is -2.45. The quantitative estimate of drug-likeness (QED) is 0.316. The van der Waals surface area contributed by atoms with Gasteiger partial charge >= 0.3 is 5.97 Å². The van der Waals surface area contributed by atoms with Crippen LogP contribution in [-0.4, -0.2) is 33.8 Å². The van der Waals surface area contributed by atoms with Crippen LogP contribution in [-0.2, 0) is 14.4 Å². The molecule has 0 atom stereocenters. The lowest BCUT2D eigenvalue weighted by Gasteiger charge is -2.16. The standard InChI is InChI=1S/C14H17N3O5/c1-8(2)13(20)17(15)12(19)7-11(18)16-10-6-4-3-5-9(10)14(21)22/h3-6,8H,7,15H2,1-2H3,(H,16,18)(H,21,22). The molecule has 22 heavy (non-hydrogen) atoms. The molecule has 1 rings (SSSR count). The second-order valence-corrected chi connectivity index (χ2v) is 4.83. The number of nitrogens with two attached hydrogens (primary N) is 1. The van der Waals surface area contributed by atoms with Crippen LogP contribution in [0.5, 0.6) is 0 Å². The average molecular weight is 307 g/mol. The van der Waals surface area contributed by atoms with Crippen LogP contribution in [0.25, 0.3) is 0 Å². The molecular formula is C14H17N3O5. The number of para-hydroxylation sites is 1. The minimum Gasteiger partial charge on any atom is -0.478 e. The number of anilines is 1. The van der Waals surface area contributed by atoms with Crippen LogP contribution in [0.2, 0.25) is 0 Å². The summed E-state index contributed by atoms with van der Waals surface area (Å²) in [7, 11) is 0. The summed E-state index contributed by atoms with van der Waals surface area (Å²) in [6.45, 7) is 3.14. The van der Waals surface area contributed by atoms with E-state index in [4.69, 9.17) is 10.9 Å². The van der Waals surface area contributed by atoms with Gasteiger partial charge in [0.2, 0.25) is 11.8 Å². The Morgan fingerprint density at radius 2 is 1.82 bits per heavy atom. The summed E-state index contributed by atoms with van der Waals surface area (Å²) >= 11 is 0. The summed E-state index contributed by atoms with van der Waals surface area (Å²) in [5.41, 5.74) is -0.0438. The summed E-state index contributed by atoms with van der Waals surface area (Å²) in [6, 6.07) is 5.76. The lowest BCUT2D eigenvalue weighted by molar-refractivity contribution is -0.147. The normalized spacial score (nSPS) is 10.2. The van der Waals surface area contributed by atoms with Crippen molar-refractivity contribution < 1.29 is 24.3 Å². The Morgan fingerprint density at radius 1 is 1.23 bits per heavy atom. The van der Waals surface area contributed by atoms with Gasteiger partial charge in [-0.1, -0.05) is 26.0 Å². The zero-order valence-corrected chi connectivity index (χ0v) is 12.2. The van der Waals surface area contributed by atoms with Crippen LogP contribution in [0.3, 0.4) is 0 Å². The van der Waals surface area contributed by atoms with Gasteiger partial charge in [0.25, 0.3) is 5.91 Å². The topological polar surface area (TPSA) is 130 Å². The van der Waals surface area contributed by atoms with E-state index in [2.05, 4.69) is 5.32 Å². The minimum atomic E-state index is -1.21. The van der Waals surface area contributed by atoms with Crippen LogP contribution in [0.15, 0.2) is 24.3 Å². The molecule has 8 heteroatoms. The molecular weight excluding hydrogens is 290 g/mol. The van der Waals surface area contributed by atoms with E-state index in [1.54, 1.807) is 19.9 Å². The Bertz CT molecular complexity index is 612. The van der Waals surface area contributed by atoms with Crippen molar-refractivity contribution >= 4 is 29.4 Å². The Hall–Kier alpha value is -2.74. The van der Waals surface area contributed by atoms with Gasteiger partial charge in [0, 0.05) is 5.92 Å². The molecule has 0 aliphatic carbocycles. The number of carbonyl (C=O) groups is 4. The smallest absolute Gasteiger partial charge is 0.337 e. The number of hydrogen-bond acceptors (Lipinski definition) is 5. The molecule has 3 amide bonds. The van der Waals surface area contributed by atoms with Crippen molar-refractivity contribution in [2.75, 3.05) is 5.32 Å². The maximum Gasteiger partial charge on any atom is 0.337 e. The van der Waals surface area contributed by atoms with E-state index < -0.39 is 36.0 Å². The highest BCUT2D eigenvalue weighted by Crippen LogP contribution is 2.15. The van der Waals surface area contributed by atoms with Gasteiger partial charge < -0.3 is 10.4 Å². The van der Waals surface area contributed by atoms with Gasteiger partial charge in [0.05, 0.1) is 11.3 Å². The number of carbonyl (C=O) groups excluding carboxylic acids is 3. The number of nitrogens with one attached hydrogen (secondary N) is 1. The van der Waals surface area contributed by atoms with E-state index in [-0.39, 0.29) is 11.3 Å². The molecule has 0 heterocycles. The Kier molecular flexibility index (Phi) is 5.76. The Balaban J connectivity index is 2.73. The van der Waals surface area contributed by atoms with Crippen LogP contribution < -0.4 is 11.2 Å². The monoisotopic (exact) mass is 307 g/mol. The van der Waals surface area contributed by atoms with Gasteiger partial charge in [-0.15, -0.1) is 0 Å². The van der Waals surface area contributed by atoms with Crippen molar-refractivity contribution in [3.63, 3.8) is 0 Å².